The van der Waals surface area contributed by atoms with Crippen molar-refractivity contribution in [3.63, 3.8) is 0 Å². The fourth-order valence-corrected chi connectivity index (χ4v) is 4.73. The fourth-order valence-electron chi connectivity index (χ4n) is 2.32. The molecule has 114 valence electrons. The van der Waals surface area contributed by atoms with Crippen LogP contribution in [0.25, 0.3) is 0 Å². The van der Waals surface area contributed by atoms with Crippen molar-refractivity contribution in [3.05, 3.63) is 66.2 Å². The van der Waals surface area contributed by atoms with E-state index in [0.717, 1.165) is 21.9 Å². The molecule has 1 aliphatic heterocycles. The molecule has 0 spiro atoms. The maximum atomic E-state index is 13.0. The topological polar surface area (TPSA) is 37.4 Å². The molecule has 3 rings (SSSR count). The number of hydrogen-bond acceptors (Lipinski definition) is 3. The number of rotatable bonds is 2. The van der Waals surface area contributed by atoms with Gasteiger partial charge in [0.1, 0.15) is 0 Å². The third-order valence-electron chi connectivity index (χ3n) is 3.52. The van der Waals surface area contributed by atoms with Crippen LogP contribution in [0.3, 0.4) is 0 Å². The Labute approximate surface area is 135 Å². The highest BCUT2D eigenvalue weighted by molar-refractivity contribution is 7.99. The Bertz CT molecular complexity index is 796. The second-order valence-corrected chi connectivity index (χ2v) is 8.02. The third kappa shape index (κ3) is 2.91. The lowest BCUT2D eigenvalue weighted by atomic mass is 10.2. The van der Waals surface area contributed by atoms with E-state index >= 15 is 0 Å². The molecule has 0 unspecified atom stereocenters. The molecule has 1 aliphatic rings. The summed E-state index contributed by atoms with van der Waals surface area (Å²) in [5.74, 6) is 0.857. The summed E-state index contributed by atoms with van der Waals surface area (Å²) in [6.07, 6.45) is 3.92. The van der Waals surface area contributed by atoms with E-state index in [2.05, 4.69) is 0 Å². The van der Waals surface area contributed by atoms with Gasteiger partial charge >= 0.3 is 0 Å². The molecule has 0 saturated heterocycles. The normalized spacial score (nSPS) is 16.5. The van der Waals surface area contributed by atoms with Crippen LogP contribution in [0.15, 0.2) is 70.5 Å². The van der Waals surface area contributed by atoms with E-state index < -0.39 is 10.0 Å². The van der Waals surface area contributed by atoms with E-state index in [1.54, 1.807) is 23.9 Å². The second-order valence-electron chi connectivity index (χ2n) is 5.10. The third-order valence-corrected chi connectivity index (χ3v) is 6.33. The Kier molecular flexibility index (Phi) is 4.27. The van der Waals surface area contributed by atoms with Crippen LogP contribution in [0.2, 0.25) is 0 Å². The number of benzene rings is 2. The number of sulfonamides is 1. The molecular formula is C17H17NO2S2. The lowest BCUT2D eigenvalue weighted by molar-refractivity contribution is 0.592. The average Bonchev–Trinajstić information content (AvgIpc) is 2.48. The number of para-hydroxylation sites is 1. The van der Waals surface area contributed by atoms with Gasteiger partial charge in [-0.25, -0.2) is 8.42 Å². The Balaban J connectivity index is 2.10. The van der Waals surface area contributed by atoms with Crippen LogP contribution < -0.4 is 4.31 Å². The Morgan fingerprint density at radius 2 is 1.73 bits per heavy atom. The number of hydrogen-bond donors (Lipinski definition) is 0. The minimum Gasteiger partial charge on any atom is -0.261 e. The van der Waals surface area contributed by atoms with Gasteiger partial charge in [0.15, 0.2) is 0 Å². The highest BCUT2D eigenvalue weighted by atomic mass is 32.2. The van der Waals surface area contributed by atoms with Crippen molar-refractivity contribution in [1.82, 2.24) is 0 Å². The first kappa shape index (κ1) is 15.2. The van der Waals surface area contributed by atoms with Gasteiger partial charge in [-0.05, 0) is 31.2 Å². The van der Waals surface area contributed by atoms with Crippen molar-refractivity contribution >= 4 is 27.5 Å². The molecule has 2 aromatic carbocycles. The monoisotopic (exact) mass is 331 g/mol. The molecule has 0 N–H and O–H groups in total. The first-order chi connectivity index (χ1) is 10.6. The van der Waals surface area contributed by atoms with Gasteiger partial charge in [-0.2, -0.15) is 0 Å². The molecule has 0 aliphatic carbocycles. The van der Waals surface area contributed by atoms with E-state index in [1.807, 2.05) is 55.5 Å². The van der Waals surface area contributed by atoms with Crippen LogP contribution >= 0.6 is 11.8 Å². The molecule has 0 bridgehead atoms. The van der Waals surface area contributed by atoms with Crippen LogP contribution in [0.1, 0.15) is 5.56 Å². The summed E-state index contributed by atoms with van der Waals surface area (Å²) in [4.78, 5) is 1.31. The quantitative estimate of drug-likeness (QED) is 0.784. The predicted molar refractivity (Wildman–Crippen MR) is 92.0 cm³/mol. The van der Waals surface area contributed by atoms with Crippen molar-refractivity contribution < 1.29 is 8.42 Å². The molecule has 5 heteroatoms. The number of fused-ring (bicyclic) bond motifs is 1. The van der Waals surface area contributed by atoms with E-state index in [9.17, 15) is 8.42 Å². The van der Waals surface area contributed by atoms with Crippen molar-refractivity contribution in [2.75, 3.05) is 16.6 Å². The summed E-state index contributed by atoms with van der Waals surface area (Å²) in [6, 6.07) is 14.6. The van der Waals surface area contributed by atoms with Gasteiger partial charge in [-0.3, -0.25) is 4.31 Å². The highest BCUT2D eigenvalue weighted by Gasteiger charge is 2.26. The van der Waals surface area contributed by atoms with Gasteiger partial charge in [0.25, 0.3) is 10.0 Å². The standard InChI is InChI=1S/C17H17NO2S2/c1-14-8-10-15(11-9-14)22(19,20)18-12-4-5-13-21-17-7-3-2-6-16(17)18/h2-11H,12-13H2,1H3/b5-4-. The van der Waals surface area contributed by atoms with Crippen LogP contribution in [-0.4, -0.2) is 20.7 Å². The lowest BCUT2D eigenvalue weighted by Gasteiger charge is -2.26. The maximum Gasteiger partial charge on any atom is 0.264 e. The van der Waals surface area contributed by atoms with Gasteiger partial charge in [-0.15, -0.1) is 11.8 Å². The molecule has 2 aromatic rings. The number of thioether (sulfide) groups is 1. The summed E-state index contributed by atoms with van der Waals surface area (Å²) in [5.41, 5.74) is 1.79. The summed E-state index contributed by atoms with van der Waals surface area (Å²) in [7, 11) is -3.56. The largest absolute Gasteiger partial charge is 0.264 e. The molecule has 1 heterocycles. The maximum absolute atomic E-state index is 13.0. The summed E-state index contributed by atoms with van der Waals surface area (Å²) in [5, 5.41) is 0. The van der Waals surface area contributed by atoms with Gasteiger partial charge in [-0.1, -0.05) is 42.0 Å². The molecule has 0 saturated carbocycles. The molecule has 0 atom stereocenters. The van der Waals surface area contributed by atoms with Crippen LogP contribution in [0, 0.1) is 6.92 Å². The number of nitrogens with zero attached hydrogens (tertiary/aromatic N) is 1. The van der Waals surface area contributed by atoms with Gasteiger partial charge < -0.3 is 0 Å². The number of anilines is 1. The molecule has 0 amide bonds. The van der Waals surface area contributed by atoms with Crippen molar-refractivity contribution in [2.24, 2.45) is 0 Å². The zero-order chi connectivity index (χ0) is 15.6. The summed E-state index contributed by atoms with van der Waals surface area (Å²) < 4.78 is 27.5. The molecule has 0 aromatic heterocycles. The smallest absolute Gasteiger partial charge is 0.261 e. The first-order valence-electron chi connectivity index (χ1n) is 7.05. The number of aryl methyl sites for hydroxylation is 1. The SMILES string of the molecule is Cc1ccc(S(=O)(=O)N2C/C=C\CSc3ccccc32)cc1. The van der Waals surface area contributed by atoms with Crippen LogP contribution in [-0.2, 0) is 10.0 Å². The minimum atomic E-state index is -3.56. The molecule has 0 fully saturated rings. The van der Waals surface area contributed by atoms with Crippen LogP contribution in [0.5, 0.6) is 0 Å². The Morgan fingerprint density at radius 1 is 1.00 bits per heavy atom. The lowest BCUT2D eigenvalue weighted by Crippen LogP contribution is -2.32. The van der Waals surface area contributed by atoms with Crippen molar-refractivity contribution in [2.45, 2.75) is 16.7 Å². The molecule has 22 heavy (non-hydrogen) atoms. The van der Waals surface area contributed by atoms with E-state index in [-0.39, 0.29) is 0 Å². The fraction of sp³-hybridized carbons (Fsp3) is 0.176. The molecule has 3 nitrogen and oxygen atoms in total. The van der Waals surface area contributed by atoms with E-state index in [4.69, 9.17) is 0 Å². The second kappa shape index (κ2) is 6.18. The first-order valence-corrected chi connectivity index (χ1v) is 9.48. The van der Waals surface area contributed by atoms with Crippen molar-refractivity contribution in [1.29, 1.82) is 0 Å². The van der Waals surface area contributed by atoms with Crippen LogP contribution in [0.4, 0.5) is 5.69 Å². The van der Waals surface area contributed by atoms with Gasteiger partial charge in [0.2, 0.25) is 0 Å². The van der Waals surface area contributed by atoms with Gasteiger partial charge in [0, 0.05) is 10.6 Å². The predicted octanol–water partition coefficient (Wildman–Crippen LogP) is 3.85. The highest BCUT2D eigenvalue weighted by Crippen LogP contribution is 2.34. The summed E-state index contributed by atoms with van der Waals surface area (Å²) >= 11 is 1.65. The zero-order valence-corrected chi connectivity index (χ0v) is 13.9. The van der Waals surface area contributed by atoms with E-state index in [1.165, 1.54) is 4.31 Å². The molecular weight excluding hydrogens is 314 g/mol. The average molecular weight is 331 g/mol. The minimum absolute atomic E-state index is 0.326. The molecule has 0 radical (unpaired) electrons. The zero-order valence-electron chi connectivity index (χ0n) is 12.3. The van der Waals surface area contributed by atoms with E-state index in [0.29, 0.717) is 11.4 Å². The Morgan fingerprint density at radius 3 is 2.50 bits per heavy atom. The summed E-state index contributed by atoms with van der Waals surface area (Å²) in [6.45, 7) is 2.30. The Hall–Kier alpha value is -1.72. The van der Waals surface area contributed by atoms with Crippen molar-refractivity contribution in [3.8, 4) is 0 Å². The van der Waals surface area contributed by atoms with Gasteiger partial charge in [0.05, 0.1) is 17.1 Å².